The number of hydrogen-bond donors (Lipinski definition) is 0. The molecule has 4 rings (SSSR count). The Labute approximate surface area is 157 Å². The largest absolute Gasteiger partial charge is 0.438 e. The molecule has 6 atom stereocenters. The molecule has 0 unspecified atom stereocenters. The zero-order valence-corrected chi connectivity index (χ0v) is 16.7. The van der Waals surface area contributed by atoms with Crippen LogP contribution in [-0.2, 0) is 23.7 Å². The first-order valence-corrected chi connectivity index (χ1v) is 9.65. The summed E-state index contributed by atoms with van der Waals surface area (Å²) in [7, 11) is 3.15. The lowest BCUT2D eigenvalue weighted by molar-refractivity contribution is -0.170. The fourth-order valence-electron chi connectivity index (χ4n) is 4.98. The molecule has 8 nitrogen and oxygen atoms in total. The van der Waals surface area contributed by atoms with E-state index < -0.39 is 30.6 Å². The standard InChI is InChI=1S/C17H26N2O6S/c1-16(2)12-9(13(20)19(12)17(3,4)26-16)18-14-11(25-15(18)21)10(23-6)8(24-14)7-22-5/h8-12,14H,7H2,1-6H3/t8-,9-,10+,11-,12-,14+/m1/s1. The van der Waals surface area contributed by atoms with Crippen LogP contribution in [0.5, 0.6) is 0 Å². The van der Waals surface area contributed by atoms with Gasteiger partial charge in [0, 0.05) is 19.0 Å². The lowest BCUT2D eigenvalue weighted by Crippen LogP contribution is -2.76. The van der Waals surface area contributed by atoms with Crippen LogP contribution in [-0.4, -0.2) is 88.9 Å². The maximum atomic E-state index is 13.0. The van der Waals surface area contributed by atoms with Gasteiger partial charge in [-0.1, -0.05) is 0 Å². The molecular formula is C17H26N2O6S. The third kappa shape index (κ3) is 2.26. The van der Waals surface area contributed by atoms with Gasteiger partial charge in [-0.05, 0) is 27.7 Å². The van der Waals surface area contributed by atoms with Gasteiger partial charge in [-0.15, -0.1) is 11.8 Å². The van der Waals surface area contributed by atoms with Gasteiger partial charge in [-0.25, -0.2) is 4.79 Å². The lowest BCUT2D eigenvalue weighted by Gasteiger charge is -2.52. The Hall–Kier alpha value is -1.03. The van der Waals surface area contributed by atoms with Gasteiger partial charge < -0.3 is 23.8 Å². The van der Waals surface area contributed by atoms with Crippen LogP contribution in [0.15, 0.2) is 0 Å². The summed E-state index contributed by atoms with van der Waals surface area (Å²) >= 11 is 1.75. The molecule has 0 aromatic carbocycles. The Morgan fingerprint density at radius 3 is 2.50 bits per heavy atom. The van der Waals surface area contributed by atoms with Gasteiger partial charge in [0.15, 0.2) is 12.3 Å². The molecule has 4 aliphatic rings. The van der Waals surface area contributed by atoms with Gasteiger partial charge in [-0.2, -0.15) is 0 Å². The number of fused-ring (bicyclic) bond motifs is 2. The maximum Gasteiger partial charge on any atom is 0.413 e. The summed E-state index contributed by atoms with van der Waals surface area (Å²) in [5, 5.41) is 0. The highest BCUT2D eigenvalue weighted by atomic mass is 32.2. The minimum Gasteiger partial charge on any atom is -0.438 e. The van der Waals surface area contributed by atoms with E-state index in [0.29, 0.717) is 6.61 Å². The summed E-state index contributed by atoms with van der Waals surface area (Å²) in [6, 6.07) is -0.645. The zero-order valence-electron chi connectivity index (χ0n) is 15.9. The number of carbonyl (C=O) groups is 2. The summed E-state index contributed by atoms with van der Waals surface area (Å²) in [6.45, 7) is 8.65. The minimum absolute atomic E-state index is 0.0524. The molecule has 0 bridgehead atoms. The van der Waals surface area contributed by atoms with E-state index in [0.717, 1.165) is 0 Å². The number of nitrogens with zero attached hydrogens (tertiary/aromatic N) is 2. The van der Waals surface area contributed by atoms with Crippen molar-refractivity contribution >= 4 is 23.8 Å². The van der Waals surface area contributed by atoms with Crippen molar-refractivity contribution < 1.29 is 28.5 Å². The van der Waals surface area contributed by atoms with E-state index >= 15 is 0 Å². The van der Waals surface area contributed by atoms with Crippen molar-refractivity contribution in [2.75, 3.05) is 20.8 Å². The third-order valence-electron chi connectivity index (χ3n) is 5.78. The van der Waals surface area contributed by atoms with Gasteiger partial charge in [-0.3, -0.25) is 9.69 Å². The smallest absolute Gasteiger partial charge is 0.413 e. The first-order chi connectivity index (χ1) is 12.1. The molecule has 9 heteroatoms. The molecule has 0 aromatic rings. The van der Waals surface area contributed by atoms with E-state index in [1.807, 2.05) is 18.7 Å². The van der Waals surface area contributed by atoms with Crippen molar-refractivity contribution in [1.82, 2.24) is 9.80 Å². The van der Waals surface area contributed by atoms with Crippen LogP contribution in [0.25, 0.3) is 0 Å². The molecular weight excluding hydrogens is 360 g/mol. The Morgan fingerprint density at radius 1 is 1.19 bits per heavy atom. The second-order valence-electron chi connectivity index (χ2n) is 8.23. The zero-order chi connectivity index (χ0) is 19.0. The Bertz CT molecular complexity index is 641. The fourth-order valence-corrected chi connectivity index (χ4v) is 6.93. The summed E-state index contributed by atoms with van der Waals surface area (Å²) in [6.07, 6.45) is -2.46. The van der Waals surface area contributed by atoms with Gasteiger partial charge >= 0.3 is 6.09 Å². The lowest BCUT2D eigenvalue weighted by atomic mass is 9.83. The predicted molar refractivity (Wildman–Crippen MR) is 93.6 cm³/mol. The van der Waals surface area contributed by atoms with Crippen LogP contribution < -0.4 is 0 Å². The first-order valence-electron chi connectivity index (χ1n) is 8.83. The molecule has 26 heavy (non-hydrogen) atoms. The number of amides is 2. The van der Waals surface area contributed by atoms with Crippen LogP contribution in [0, 0.1) is 0 Å². The molecule has 4 aliphatic heterocycles. The Balaban J connectivity index is 1.63. The van der Waals surface area contributed by atoms with Crippen LogP contribution in [0.3, 0.4) is 0 Å². The van der Waals surface area contributed by atoms with Crippen molar-refractivity contribution in [2.24, 2.45) is 0 Å². The molecule has 4 saturated heterocycles. The topological polar surface area (TPSA) is 77.5 Å². The Morgan fingerprint density at radius 2 is 1.88 bits per heavy atom. The van der Waals surface area contributed by atoms with Crippen molar-refractivity contribution in [1.29, 1.82) is 0 Å². The van der Waals surface area contributed by atoms with Crippen molar-refractivity contribution in [3.8, 4) is 0 Å². The number of β-lactam (4-membered cyclic amide) rings is 1. The number of carbonyl (C=O) groups excluding carboxylic acids is 2. The third-order valence-corrected chi connectivity index (χ3v) is 7.25. The monoisotopic (exact) mass is 386 g/mol. The van der Waals surface area contributed by atoms with Crippen LogP contribution >= 0.6 is 11.8 Å². The van der Waals surface area contributed by atoms with E-state index in [4.69, 9.17) is 18.9 Å². The maximum absolute atomic E-state index is 13.0. The van der Waals surface area contributed by atoms with E-state index in [1.165, 1.54) is 4.90 Å². The van der Waals surface area contributed by atoms with Crippen molar-refractivity contribution in [3.05, 3.63) is 0 Å². The molecule has 146 valence electrons. The molecule has 0 saturated carbocycles. The predicted octanol–water partition coefficient (Wildman–Crippen LogP) is 1.03. The summed E-state index contributed by atoms with van der Waals surface area (Å²) < 4.78 is 22.1. The normalized spacial score (nSPS) is 42.5. The number of ether oxygens (including phenoxy) is 4. The highest BCUT2D eigenvalue weighted by Gasteiger charge is 2.71. The summed E-state index contributed by atoms with van der Waals surface area (Å²) in [4.78, 5) is 28.7. The summed E-state index contributed by atoms with van der Waals surface area (Å²) in [5.74, 6) is -0.0524. The number of rotatable bonds is 4. The van der Waals surface area contributed by atoms with E-state index in [1.54, 1.807) is 26.0 Å². The second-order valence-corrected chi connectivity index (χ2v) is 10.5. The highest BCUT2D eigenvalue weighted by molar-refractivity contribution is 8.02. The number of hydrogen-bond acceptors (Lipinski definition) is 7. The van der Waals surface area contributed by atoms with Crippen LogP contribution in [0.2, 0.25) is 0 Å². The van der Waals surface area contributed by atoms with Gasteiger partial charge in [0.2, 0.25) is 5.91 Å². The molecule has 0 aromatic heterocycles. The number of methoxy groups -OCH3 is 2. The SMILES string of the molecule is COC[C@H]1O[C@H]2[C@H](OC(=O)N2[C@H]2C(=O)N3[C@H]2C(C)(C)SC3(C)C)[C@H]1OC. The minimum atomic E-state index is -0.631. The van der Waals surface area contributed by atoms with Crippen molar-refractivity contribution in [3.63, 3.8) is 0 Å². The second kappa shape index (κ2) is 5.73. The quantitative estimate of drug-likeness (QED) is 0.668. The van der Waals surface area contributed by atoms with Gasteiger partial charge in [0.1, 0.15) is 18.2 Å². The molecule has 0 radical (unpaired) electrons. The van der Waals surface area contributed by atoms with Crippen molar-refractivity contribution in [2.45, 2.75) is 73.9 Å². The average Bonchev–Trinajstić information content (AvgIpc) is 3.04. The molecule has 4 fully saturated rings. The van der Waals surface area contributed by atoms with E-state index in [9.17, 15) is 9.59 Å². The molecule has 4 heterocycles. The first kappa shape index (κ1) is 18.3. The van der Waals surface area contributed by atoms with Crippen LogP contribution in [0.4, 0.5) is 4.79 Å². The van der Waals surface area contributed by atoms with Gasteiger partial charge in [0.25, 0.3) is 0 Å². The molecule has 2 amide bonds. The van der Waals surface area contributed by atoms with Gasteiger partial charge in [0.05, 0.1) is 17.5 Å². The van der Waals surface area contributed by atoms with Crippen LogP contribution in [0.1, 0.15) is 27.7 Å². The molecule has 0 spiro atoms. The Kier molecular flexibility index (Phi) is 4.04. The summed E-state index contributed by atoms with van der Waals surface area (Å²) in [5.41, 5.74) is 0. The fraction of sp³-hybridized carbons (Fsp3) is 0.882. The highest BCUT2D eigenvalue weighted by Crippen LogP contribution is 2.58. The molecule has 0 aliphatic carbocycles. The molecule has 0 N–H and O–H groups in total. The van der Waals surface area contributed by atoms with E-state index in [-0.39, 0.29) is 27.7 Å². The van der Waals surface area contributed by atoms with E-state index in [2.05, 4.69) is 13.8 Å². The average molecular weight is 386 g/mol. The number of thioether (sulfide) groups is 1.